The molecule has 1 heterocycles. The van der Waals surface area contributed by atoms with E-state index in [0.717, 1.165) is 12.5 Å². The molecule has 1 atom stereocenters. The summed E-state index contributed by atoms with van der Waals surface area (Å²) >= 11 is 0. The molecule has 0 aromatic heterocycles. The standard InChI is InChI=1S/C12H25N3O2/c1-10(11-3-6-15(2)7-4-11)14-5-8-17-9-12(13)16/h10-11,14H,3-9H2,1-2H3,(H2,13,16). The summed E-state index contributed by atoms with van der Waals surface area (Å²) in [5, 5.41) is 3.45. The second kappa shape index (κ2) is 7.63. The molecule has 1 unspecified atom stereocenters. The van der Waals surface area contributed by atoms with Gasteiger partial charge in [0.25, 0.3) is 0 Å². The summed E-state index contributed by atoms with van der Waals surface area (Å²) in [5.41, 5.74) is 4.98. The Morgan fingerprint density at radius 2 is 2.18 bits per heavy atom. The Balaban J connectivity index is 2.04. The third-order valence-electron chi connectivity index (χ3n) is 3.43. The van der Waals surface area contributed by atoms with Gasteiger partial charge in [0.1, 0.15) is 6.61 Å². The summed E-state index contributed by atoms with van der Waals surface area (Å²) in [5.74, 6) is 0.343. The van der Waals surface area contributed by atoms with E-state index in [1.165, 1.54) is 25.9 Å². The molecule has 0 bridgehead atoms. The van der Waals surface area contributed by atoms with E-state index < -0.39 is 5.91 Å². The highest BCUT2D eigenvalue weighted by molar-refractivity contribution is 5.74. The number of hydrogen-bond donors (Lipinski definition) is 2. The minimum atomic E-state index is -0.409. The number of hydrogen-bond acceptors (Lipinski definition) is 4. The van der Waals surface area contributed by atoms with E-state index >= 15 is 0 Å². The van der Waals surface area contributed by atoms with Crippen LogP contribution in [0.25, 0.3) is 0 Å². The Bertz CT molecular complexity index is 228. The van der Waals surface area contributed by atoms with E-state index in [0.29, 0.717) is 12.6 Å². The van der Waals surface area contributed by atoms with Gasteiger partial charge in [0.05, 0.1) is 6.61 Å². The highest BCUT2D eigenvalue weighted by Crippen LogP contribution is 2.19. The second-order valence-electron chi connectivity index (χ2n) is 4.90. The smallest absolute Gasteiger partial charge is 0.243 e. The van der Waals surface area contributed by atoms with Crippen molar-refractivity contribution in [2.45, 2.75) is 25.8 Å². The largest absolute Gasteiger partial charge is 0.370 e. The zero-order valence-electron chi connectivity index (χ0n) is 10.9. The molecule has 0 spiro atoms. The van der Waals surface area contributed by atoms with Gasteiger partial charge in [-0.1, -0.05) is 0 Å². The summed E-state index contributed by atoms with van der Waals surface area (Å²) in [6.45, 7) is 5.94. The van der Waals surface area contributed by atoms with Crippen molar-refractivity contribution in [3.63, 3.8) is 0 Å². The highest BCUT2D eigenvalue weighted by Gasteiger charge is 2.21. The van der Waals surface area contributed by atoms with Gasteiger partial charge in [-0.15, -0.1) is 0 Å². The maximum absolute atomic E-state index is 10.4. The summed E-state index contributed by atoms with van der Waals surface area (Å²) < 4.78 is 5.10. The Morgan fingerprint density at radius 1 is 1.53 bits per heavy atom. The number of amides is 1. The van der Waals surface area contributed by atoms with Crippen LogP contribution in [0.2, 0.25) is 0 Å². The number of nitrogens with one attached hydrogen (secondary N) is 1. The van der Waals surface area contributed by atoms with Crippen LogP contribution in [0.4, 0.5) is 0 Å². The van der Waals surface area contributed by atoms with Crippen molar-refractivity contribution < 1.29 is 9.53 Å². The summed E-state index contributed by atoms with van der Waals surface area (Å²) in [7, 11) is 2.17. The lowest BCUT2D eigenvalue weighted by Crippen LogP contribution is -2.41. The minimum Gasteiger partial charge on any atom is -0.370 e. The normalized spacial score (nSPS) is 20.4. The summed E-state index contributed by atoms with van der Waals surface area (Å²) in [6, 6.07) is 0.515. The maximum Gasteiger partial charge on any atom is 0.243 e. The number of nitrogens with two attached hydrogens (primary N) is 1. The van der Waals surface area contributed by atoms with Crippen LogP contribution in [0, 0.1) is 5.92 Å². The first-order valence-electron chi connectivity index (χ1n) is 6.37. The Morgan fingerprint density at radius 3 is 2.76 bits per heavy atom. The molecule has 1 saturated heterocycles. The van der Waals surface area contributed by atoms with E-state index in [1.54, 1.807) is 0 Å². The molecule has 5 heteroatoms. The van der Waals surface area contributed by atoms with Crippen LogP contribution < -0.4 is 11.1 Å². The number of primary amides is 1. The Labute approximate surface area is 104 Å². The minimum absolute atomic E-state index is 0.0181. The second-order valence-corrected chi connectivity index (χ2v) is 4.90. The van der Waals surface area contributed by atoms with Gasteiger partial charge in [0.15, 0.2) is 0 Å². The number of ether oxygens (including phenoxy) is 1. The molecular weight excluding hydrogens is 218 g/mol. The van der Waals surface area contributed by atoms with Crippen LogP contribution in [0.3, 0.4) is 0 Å². The van der Waals surface area contributed by atoms with Gasteiger partial charge in [-0.25, -0.2) is 0 Å². The predicted molar refractivity (Wildman–Crippen MR) is 67.7 cm³/mol. The molecule has 1 aliphatic heterocycles. The average Bonchev–Trinajstić information content (AvgIpc) is 2.29. The lowest BCUT2D eigenvalue weighted by Gasteiger charge is -2.33. The molecule has 0 radical (unpaired) electrons. The van der Waals surface area contributed by atoms with Crippen molar-refractivity contribution in [2.75, 3.05) is 39.9 Å². The number of rotatable bonds is 7. The van der Waals surface area contributed by atoms with Crippen molar-refractivity contribution in [3.05, 3.63) is 0 Å². The monoisotopic (exact) mass is 243 g/mol. The van der Waals surface area contributed by atoms with Crippen LogP contribution in [-0.2, 0) is 9.53 Å². The Hall–Kier alpha value is -0.650. The molecule has 1 rings (SSSR count). The van der Waals surface area contributed by atoms with Crippen LogP contribution in [0.1, 0.15) is 19.8 Å². The van der Waals surface area contributed by atoms with Crippen LogP contribution in [-0.4, -0.2) is 56.7 Å². The number of carbonyl (C=O) groups is 1. The number of carbonyl (C=O) groups excluding carboxylic acids is 1. The van der Waals surface area contributed by atoms with Crippen molar-refractivity contribution >= 4 is 5.91 Å². The average molecular weight is 243 g/mol. The zero-order chi connectivity index (χ0) is 12.7. The fraction of sp³-hybridized carbons (Fsp3) is 0.917. The van der Waals surface area contributed by atoms with Crippen molar-refractivity contribution in [2.24, 2.45) is 11.7 Å². The Kier molecular flexibility index (Phi) is 6.47. The van der Waals surface area contributed by atoms with Gasteiger partial charge >= 0.3 is 0 Å². The number of likely N-dealkylation sites (tertiary alicyclic amines) is 1. The van der Waals surface area contributed by atoms with Crippen LogP contribution in [0.5, 0.6) is 0 Å². The van der Waals surface area contributed by atoms with Gasteiger partial charge in [-0.3, -0.25) is 4.79 Å². The summed E-state index contributed by atoms with van der Waals surface area (Å²) in [4.78, 5) is 12.8. The van der Waals surface area contributed by atoms with Gasteiger partial charge in [-0.2, -0.15) is 0 Å². The molecule has 1 amide bonds. The molecule has 17 heavy (non-hydrogen) atoms. The van der Waals surface area contributed by atoms with Crippen LogP contribution >= 0.6 is 0 Å². The third-order valence-corrected chi connectivity index (χ3v) is 3.43. The fourth-order valence-corrected chi connectivity index (χ4v) is 2.23. The molecular formula is C12H25N3O2. The van der Waals surface area contributed by atoms with Gasteiger partial charge in [-0.05, 0) is 45.8 Å². The van der Waals surface area contributed by atoms with Gasteiger partial charge in [0, 0.05) is 12.6 Å². The predicted octanol–water partition coefficient (Wildman–Crippen LogP) is -0.192. The lowest BCUT2D eigenvalue weighted by molar-refractivity contribution is -0.122. The van der Waals surface area contributed by atoms with E-state index in [1.807, 2.05) is 0 Å². The summed E-state index contributed by atoms with van der Waals surface area (Å²) in [6.07, 6.45) is 2.51. The molecule has 100 valence electrons. The van der Waals surface area contributed by atoms with E-state index in [4.69, 9.17) is 10.5 Å². The van der Waals surface area contributed by atoms with E-state index in [2.05, 4.69) is 24.2 Å². The van der Waals surface area contributed by atoms with Crippen molar-refractivity contribution in [3.8, 4) is 0 Å². The topological polar surface area (TPSA) is 67.6 Å². The highest BCUT2D eigenvalue weighted by atomic mass is 16.5. The molecule has 5 nitrogen and oxygen atoms in total. The molecule has 0 aromatic rings. The van der Waals surface area contributed by atoms with Gasteiger partial charge < -0.3 is 20.7 Å². The molecule has 1 aliphatic rings. The molecule has 3 N–H and O–H groups in total. The fourth-order valence-electron chi connectivity index (χ4n) is 2.23. The molecule has 0 aliphatic carbocycles. The third kappa shape index (κ3) is 6.00. The zero-order valence-corrected chi connectivity index (χ0v) is 10.9. The lowest BCUT2D eigenvalue weighted by atomic mass is 9.90. The maximum atomic E-state index is 10.4. The van der Waals surface area contributed by atoms with Crippen molar-refractivity contribution in [1.29, 1.82) is 0 Å². The van der Waals surface area contributed by atoms with E-state index in [9.17, 15) is 4.79 Å². The first-order valence-corrected chi connectivity index (χ1v) is 6.37. The van der Waals surface area contributed by atoms with Crippen LogP contribution in [0.15, 0.2) is 0 Å². The first kappa shape index (κ1) is 14.4. The van der Waals surface area contributed by atoms with Crippen molar-refractivity contribution in [1.82, 2.24) is 10.2 Å². The van der Waals surface area contributed by atoms with E-state index in [-0.39, 0.29) is 6.61 Å². The van der Waals surface area contributed by atoms with Gasteiger partial charge in [0.2, 0.25) is 5.91 Å². The number of piperidine rings is 1. The quantitative estimate of drug-likeness (QED) is 0.608. The molecule has 1 fully saturated rings. The SMILES string of the molecule is CC(NCCOCC(N)=O)C1CCN(C)CC1. The first-order chi connectivity index (χ1) is 8.09. The molecule has 0 saturated carbocycles. The number of nitrogens with zero attached hydrogens (tertiary/aromatic N) is 1. The molecule has 0 aromatic carbocycles.